The van der Waals surface area contributed by atoms with Crippen LogP contribution in [0, 0.1) is 68.0 Å². The second-order valence-corrected chi connectivity index (χ2v) is 32.5. The third-order valence-electron chi connectivity index (χ3n) is 12.5. The lowest BCUT2D eigenvalue weighted by molar-refractivity contribution is -0.179. The lowest BCUT2D eigenvalue weighted by Gasteiger charge is -2.22. The molecule has 0 aromatic rings. The highest BCUT2D eigenvalue weighted by molar-refractivity contribution is 6.40. The molecule has 0 radical (unpaired) electrons. The van der Waals surface area contributed by atoms with E-state index in [-0.39, 0.29) is 183 Å². The van der Waals surface area contributed by atoms with Gasteiger partial charge in [-0.05, 0) is 83.1 Å². The van der Waals surface area contributed by atoms with Crippen LogP contribution in [0.15, 0.2) is 0 Å². The van der Waals surface area contributed by atoms with Gasteiger partial charge in [0.2, 0.25) is 63.9 Å². The molecule has 0 heterocycles. The maximum absolute atomic E-state index is 11.5. The van der Waals surface area contributed by atoms with Gasteiger partial charge in [0.25, 0.3) is 0 Å². The predicted molar refractivity (Wildman–Crippen MR) is 425 cm³/mol. The largest absolute Gasteiger partial charge is 0.428 e. The van der Waals surface area contributed by atoms with E-state index in [4.69, 9.17) is 18.9 Å². The van der Waals surface area contributed by atoms with Crippen LogP contribution in [-0.4, -0.2) is 147 Å². The fourth-order valence-electron chi connectivity index (χ4n) is 4.83. The molecule has 30 nitrogen and oxygen atoms in total. The summed E-state index contributed by atoms with van der Waals surface area (Å²) in [5, 5.41) is 0. The Morgan fingerprint density at radius 2 is 0.372 bits per heavy atom. The van der Waals surface area contributed by atoms with Crippen LogP contribution in [0.2, 0.25) is 0 Å². The van der Waals surface area contributed by atoms with Gasteiger partial charge in [-0.1, -0.05) is 199 Å². The fourth-order valence-corrected chi connectivity index (χ4v) is 4.83. The highest BCUT2D eigenvalue weighted by Gasteiger charge is 2.35. The molecule has 0 N–H and O–H groups in total. The molecule has 113 heavy (non-hydrogen) atoms. The Balaban J connectivity index is -0.000000132. The van der Waals surface area contributed by atoms with Crippen LogP contribution >= 0.6 is 0 Å². The van der Waals surface area contributed by atoms with Crippen LogP contribution in [0.4, 0.5) is 0 Å². The number of unbranched alkanes of at least 4 members (excludes halogenated alkanes) is 2. The molecule has 0 saturated carbocycles. The van der Waals surface area contributed by atoms with Crippen molar-refractivity contribution >= 4 is 106 Å². The molecule has 0 fully saturated rings. The molecule has 662 valence electrons. The van der Waals surface area contributed by atoms with Gasteiger partial charge in [0, 0.05) is 61.2 Å². The SMILES string of the molecule is CC(C)(C)C(=O)C(=O)C(C)(C)C.CC(C)(C)C(=O)OCOC(=O)C(C)(C)C.CC(C)(C)C(=O)OCOC(=O)C(C)(C)C.CC(C)C(=O)C(=O)C(C)C.CC(C)C(=O)OCOC(=O)C(C)C.CC(C)C(=O)OCOC(=O)C(C)C.CCC(=O)C(=O)CC.CCC(=O)OCOC(=O)CC.CCC(=O)OCOC(=O)CC.CCCCC. The molecular weight excluding hydrogens is 1480 g/mol. The summed E-state index contributed by atoms with van der Waals surface area (Å²) in [4.78, 5) is 196. The summed E-state index contributed by atoms with van der Waals surface area (Å²) in [6, 6.07) is 0. The molecule has 0 unspecified atom stereocenters. The predicted octanol–water partition coefficient (Wildman–Crippen LogP) is 15.4. The lowest BCUT2D eigenvalue weighted by atomic mass is 9.79. The highest BCUT2D eigenvalue weighted by Crippen LogP contribution is 2.24. The summed E-state index contributed by atoms with van der Waals surface area (Å²) in [5.74, 6) is -7.15. The topological polar surface area (TPSA) is 418 Å². The molecule has 0 aliphatic heterocycles. The first-order chi connectivity index (χ1) is 51.1. The Morgan fingerprint density at radius 1 is 0.212 bits per heavy atom. The second kappa shape index (κ2) is 68.1. The molecule has 0 saturated heterocycles. The van der Waals surface area contributed by atoms with Crippen LogP contribution < -0.4 is 0 Å². The van der Waals surface area contributed by atoms with Crippen LogP contribution in [-0.2, 0) is 143 Å². The molecule has 0 spiro atoms. The van der Waals surface area contributed by atoms with Crippen molar-refractivity contribution in [1.82, 2.24) is 0 Å². The van der Waals surface area contributed by atoms with E-state index in [0.29, 0.717) is 38.5 Å². The highest BCUT2D eigenvalue weighted by atomic mass is 16.7. The van der Waals surface area contributed by atoms with E-state index in [0.717, 1.165) is 0 Å². The summed E-state index contributed by atoms with van der Waals surface area (Å²) in [6.45, 7) is 64.9. The minimum Gasteiger partial charge on any atom is -0.428 e. The molecule has 0 aliphatic rings. The Morgan fingerprint density at radius 3 is 0.478 bits per heavy atom. The Labute approximate surface area is 676 Å². The number of rotatable bonds is 29. The summed E-state index contributed by atoms with van der Waals surface area (Å²) >= 11 is 0. The number of carbonyl (C=O) groups is 18. The summed E-state index contributed by atoms with van der Waals surface area (Å²) in [6.07, 6.45) is 5.94. The zero-order chi connectivity index (χ0) is 91.9. The minimum atomic E-state index is -0.575. The van der Waals surface area contributed by atoms with Gasteiger partial charge in [-0.3, -0.25) is 86.3 Å². The Bertz CT molecular complexity index is 2500. The number of carbonyl (C=O) groups excluding carboxylic acids is 18. The van der Waals surface area contributed by atoms with Gasteiger partial charge >= 0.3 is 71.6 Å². The maximum Gasteiger partial charge on any atom is 0.314 e. The van der Waals surface area contributed by atoms with Crippen molar-refractivity contribution in [3.63, 3.8) is 0 Å². The van der Waals surface area contributed by atoms with Gasteiger partial charge < -0.3 is 56.8 Å². The van der Waals surface area contributed by atoms with E-state index in [9.17, 15) is 86.3 Å². The normalized spacial score (nSPS) is 10.6. The third-order valence-corrected chi connectivity index (χ3v) is 12.5. The van der Waals surface area contributed by atoms with Crippen molar-refractivity contribution in [2.75, 3.05) is 40.8 Å². The molecule has 0 aromatic heterocycles. The van der Waals surface area contributed by atoms with Crippen molar-refractivity contribution in [1.29, 1.82) is 0 Å². The molecule has 0 aliphatic carbocycles. The Hall–Kier alpha value is -8.34. The van der Waals surface area contributed by atoms with Gasteiger partial charge in [0.15, 0.2) is 11.6 Å². The second-order valence-electron chi connectivity index (χ2n) is 32.5. The van der Waals surface area contributed by atoms with Crippen LogP contribution in [0.25, 0.3) is 0 Å². The smallest absolute Gasteiger partial charge is 0.314 e. The van der Waals surface area contributed by atoms with Crippen molar-refractivity contribution in [3.05, 3.63) is 0 Å². The first kappa shape index (κ1) is 126. The van der Waals surface area contributed by atoms with Crippen molar-refractivity contribution < 1.29 is 143 Å². The van der Waals surface area contributed by atoms with Gasteiger partial charge in [-0.25, -0.2) is 0 Å². The quantitative estimate of drug-likeness (QED) is 0.0290. The van der Waals surface area contributed by atoms with Crippen LogP contribution in [0.3, 0.4) is 0 Å². The zero-order valence-electron chi connectivity index (χ0n) is 76.3. The number of ketones is 6. The fraction of sp³-hybridized carbons (Fsp3) is 0.783. The lowest BCUT2D eigenvalue weighted by Crippen LogP contribution is -2.36. The van der Waals surface area contributed by atoms with E-state index in [1.54, 1.807) is 249 Å². The first-order valence-corrected chi connectivity index (χ1v) is 38.3. The van der Waals surface area contributed by atoms with Crippen LogP contribution in [0.5, 0.6) is 0 Å². The summed E-state index contributed by atoms with van der Waals surface area (Å²) < 4.78 is 55.7. The first-order valence-electron chi connectivity index (χ1n) is 38.3. The molecule has 0 atom stereocenters. The van der Waals surface area contributed by atoms with Gasteiger partial charge in [-0.2, -0.15) is 0 Å². The van der Waals surface area contributed by atoms with E-state index in [1.165, 1.54) is 19.3 Å². The number of esters is 12. The van der Waals surface area contributed by atoms with Gasteiger partial charge in [-0.15, -0.1) is 0 Å². The molecule has 0 rings (SSSR count). The zero-order valence-corrected chi connectivity index (χ0v) is 76.3. The minimum absolute atomic E-state index is 0.157. The van der Waals surface area contributed by atoms with E-state index in [1.807, 2.05) is 0 Å². The van der Waals surface area contributed by atoms with E-state index < -0.39 is 32.5 Å². The van der Waals surface area contributed by atoms with Crippen molar-refractivity contribution in [3.8, 4) is 0 Å². The summed E-state index contributed by atoms with van der Waals surface area (Å²) in [5.41, 5.74) is -3.40. The van der Waals surface area contributed by atoms with Gasteiger partial charge in [0.1, 0.15) is 0 Å². The average molecular weight is 1630 g/mol. The maximum atomic E-state index is 11.5. The Kier molecular flexibility index (Phi) is 75.6. The van der Waals surface area contributed by atoms with E-state index >= 15 is 0 Å². The molecule has 0 amide bonds. The number of ether oxygens (including phenoxy) is 12. The molecule has 0 bridgehead atoms. The van der Waals surface area contributed by atoms with Crippen molar-refractivity contribution in [2.45, 2.75) is 321 Å². The molecule has 30 heteroatoms. The van der Waals surface area contributed by atoms with Gasteiger partial charge in [0.05, 0.1) is 45.3 Å². The van der Waals surface area contributed by atoms with Crippen molar-refractivity contribution in [2.24, 2.45) is 68.0 Å². The third kappa shape index (κ3) is 82.9. The molecule has 0 aromatic carbocycles. The van der Waals surface area contributed by atoms with E-state index in [2.05, 4.69) is 51.7 Å². The number of Topliss-reactive ketones (excluding diaryl/α,β-unsaturated/α-hetero) is 6. The summed E-state index contributed by atoms with van der Waals surface area (Å²) in [7, 11) is 0. The average Bonchev–Trinajstić information content (AvgIpc) is 0.841. The number of hydrogen-bond acceptors (Lipinski definition) is 30. The monoisotopic (exact) mass is 1630 g/mol. The molecular formula is C83H150O30. The standard InChI is InChI=1S/2C11H20O4.C10H18O2.2C9H16O4.C8H14O2.2C7H12O4.C6H10O2.C5H12/c2*1-10(2,3)8(12)14-7-15-9(13)11(4,5)6;1-9(2,3)7(11)8(12)10(4,5)6;2*1-6(2)8(10)12-5-13-9(11)7(3)4;1-5(2)7(9)8(10)6(3)4;2*1-3-6(8)10-5-11-7(9)4-2;1-3-5(7)6(8)4-2;1-3-5-4-2/h2*7H2,1-6H3;1-6H3;2*6-7H,5H2,1-4H3;5-6H,1-4H3;2*3-5H2,1-2H3;3-4H2,1-2H3;3-5H2,1-2H3. The number of hydrogen-bond donors (Lipinski definition) is 0. The van der Waals surface area contributed by atoms with Crippen LogP contribution in [0.1, 0.15) is 321 Å².